The Hall–Kier alpha value is -4.43. The van der Waals surface area contributed by atoms with E-state index in [0.29, 0.717) is 22.9 Å². The lowest BCUT2D eigenvalue weighted by Crippen LogP contribution is -2.16. The van der Waals surface area contributed by atoms with Crippen LogP contribution in [0.1, 0.15) is 0 Å². The first-order chi connectivity index (χ1) is 16.0. The molecule has 2 aromatic carbocycles. The Morgan fingerprint density at radius 1 is 0.727 bits per heavy atom. The molecule has 0 aliphatic heterocycles. The minimum absolute atomic E-state index is 0.461. The summed E-state index contributed by atoms with van der Waals surface area (Å²) in [6.45, 7) is 0. The number of pyridine rings is 2. The highest BCUT2D eigenvalue weighted by atomic mass is 35.5. The second-order valence-corrected chi connectivity index (χ2v) is 6.32. The van der Waals surface area contributed by atoms with E-state index < -0.39 is 11.5 Å². The molecule has 168 valence electrons. The van der Waals surface area contributed by atoms with Crippen LogP contribution in [0.3, 0.4) is 0 Å². The van der Waals surface area contributed by atoms with Crippen molar-refractivity contribution in [1.82, 2.24) is 9.97 Å². The van der Waals surface area contributed by atoms with Gasteiger partial charge in [-0.25, -0.2) is 9.59 Å². The molecule has 0 aliphatic carbocycles. The Kier molecular flexibility index (Phi) is 11.0. The zero-order chi connectivity index (χ0) is 23.7. The maximum absolute atomic E-state index is 11.4. The molecule has 1 amide bonds. The number of amides is 1. The Morgan fingerprint density at radius 2 is 1.27 bits per heavy atom. The van der Waals surface area contributed by atoms with E-state index in [1.165, 1.54) is 0 Å². The molecule has 2 heterocycles. The minimum atomic E-state index is -0.814. The van der Waals surface area contributed by atoms with Crippen LogP contribution in [-0.2, 0) is 0 Å². The molecule has 9 heteroatoms. The standard InChI is InChI=1S/C12H10N2O2.C7H5ClO2.C5H6N2/c15-12(14-10-5-4-8-13-9-10)16-11-6-2-1-3-7-11;8-7(9)10-6-4-2-1-3-5-6;6-5-2-1-3-7-4-5/h1-9H,(H,14,15);1-5H;1-4H,6H2. The van der Waals surface area contributed by atoms with Gasteiger partial charge in [0, 0.05) is 30.2 Å². The van der Waals surface area contributed by atoms with Crippen LogP contribution < -0.4 is 20.5 Å². The minimum Gasteiger partial charge on any atom is -0.415 e. The van der Waals surface area contributed by atoms with Gasteiger partial charge in [-0.3, -0.25) is 15.3 Å². The summed E-state index contributed by atoms with van der Waals surface area (Å²) in [5.41, 5.74) is 5.79. The largest absolute Gasteiger partial charge is 0.417 e. The highest BCUT2D eigenvalue weighted by Gasteiger charge is 2.03. The average Bonchev–Trinajstić information content (AvgIpc) is 2.82. The number of para-hydroxylation sites is 2. The molecule has 0 fully saturated rings. The maximum Gasteiger partial charge on any atom is 0.417 e. The van der Waals surface area contributed by atoms with Crippen molar-refractivity contribution in [1.29, 1.82) is 0 Å². The fourth-order valence-corrected chi connectivity index (χ4v) is 2.22. The van der Waals surface area contributed by atoms with E-state index in [0.717, 1.165) is 0 Å². The highest BCUT2D eigenvalue weighted by Crippen LogP contribution is 2.11. The quantitative estimate of drug-likeness (QED) is 0.369. The van der Waals surface area contributed by atoms with Gasteiger partial charge in [0.2, 0.25) is 0 Å². The first-order valence-electron chi connectivity index (χ1n) is 9.54. The van der Waals surface area contributed by atoms with Crippen LogP contribution in [0.15, 0.2) is 110 Å². The highest BCUT2D eigenvalue weighted by molar-refractivity contribution is 6.61. The third-order valence-corrected chi connectivity index (χ3v) is 3.56. The number of nitrogens with zero attached hydrogens (tertiary/aromatic N) is 2. The normalized spacial score (nSPS) is 9.12. The third-order valence-electron chi connectivity index (χ3n) is 3.49. The van der Waals surface area contributed by atoms with Crippen LogP contribution in [0.25, 0.3) is 0 Å². The van der Waals surface area contributed by atoms with Crippen LogP contribution in [0.2, 0.25) is 0 Å². The summed E-state index contributed by atoms with van der Waals surface area (Å²) in [6, 6.07) is 24.6. The van der Waals surface area contributed by atoms with Gasteiger partial charge in [0.15, 0.2) is 0 Å². The van der Waals surface area contributed by atoms with Gasteiger partial charge in [-0.1, -0.05) is 36.4 Å². The van der Waals surface area contributed by atoms with Crippen LogP contribution in [-0.4, -0.2) is 21.5 Å². The number of ether oxygens (including phenoxy) is 2. The fraction of sp³-hybridized carbons (Fsp3) is 0. The van der Waals surface area contributed by atoms with Crippen LogP contribution in [0, 0.1) is 0 Å². The topological polar surface area (TPSA) is 116 Å². The lowest BCUT2D eigenvalue weighted by molar-refractivity contribution is 0.215. The third kappa shape index (κ3) is 11.5. The molecule has 4 rings (SSSR count). The number of aromatic nitrogens is 2. The number of carbonyl (C=O) groups excluding carboxylic acids is 2. The van der Waals surface area contributed by atoms with Crippen molar-refractivity contribution in [2.24, 2.45) is 0 Å². The summed E-state index contributed by atoms with van der Waals surface area (Å²) in [6.07, 6.45) is 5.95. The number of rotatable bonds is 3. The van der Waals surface area contributed by atoms with Crippen molar-refractivity contribution in [3.8, 4) is 11.5 Å². The number of benzene rings is 2. The number of hydrogen-bond acceptors (Lipinski definition) is 7. The molecule has 2 aromatic heterocycles. The van der Waals surface area contributed by atoms with Crippen molar-refractivity contribution < 1.29 is 19.1 Å². The molecule has 33 heavy (non-hydrogen) atoms. The molecule has 3 N–H and O–H groups in total. The van der Waals surface area contributed by atoms with E-state index >= 15 is 0 Å². The second-order valence-electron chi connectivity index (χ2n) is 6.01. The summed E-state index contributed by atoms with van der Waals surface area (Å²) in [5, 5.41) is 2.57. The average molecular weight is 465 g/mol. The number of carbonyl (C=O) groups is 2. The van der Waals surface area contributed by atoms with E-state index in [4.69, 9.17) is 22.1 Å². The number of nitrogens with two attached hydrogens (primary N) is 1. The van der Waals surface area contributed by atoms with Gasteiger partial charge < -0.3 is 15.2 Å². The van der Waals surface area contributed by atoms with Crippen molar-refractivity contribution in [2.75, 3.05) is 11.1 Å². The molecule has 4 aromatic rings. The van der Waals surface area contributed by atoms with Crippen LogP contribution in [0.5, 0.6) is 11.5 Å². The van der Waals surface area contributed by atoms with Gasteiger partial charge in [0.05, 0.1) is 17.6 Å². The van der Waals surface area contributed by atoms with Gasteiger partial charge in [0.1, 0.15) is 11.5 Å². The monoisotopic (exact) mass is 464 g/mol. The summed E-state index contributed by atoms with van der Waals surface area (Å²) in [5.74, 6) is 0.964. The van der Waals surface area contributed by atoms with Crippen molar-refractivity contribution in [3.63, 3.8) is 0 Å². The lowest BCUT2D eigenvalue weighted by atomic mass is 10.3. The van der Waals surface area contributed by atoms with Gasteiger partial charge in [-0.05, 0) is 48.5 Å². The number of halogens is 1. The van der Waals surface area contributed by atoms with Crippen molar-refractivity contribution >= 4 is 34.5 Å². The number of hydrogen-bond donors (Lipinski definition) is 2. The zero-order valence-electron chi connectivity index (χ0n) is 17.4. The smallest absolute Gasteiger partial charge is 0.415 e. The predicted molar refractivity (Wildman–Crippen MR) is 127 cm³/mol. The molecule has 0 atom stereocenters. The molecule has 8 nitrogen and oxygen atoms in total. The molecule has 0 saturated heterocycles. The van der Waals surface area contributed by atoms with Crippen LogP contribution >= 0.6 is 11.6 Å². The Morgan fingerprint density at radius 3 is 1.70 bits per heavy atom. The first-order valence-corrected chi connectivity index (χ1v) is 9.92. The van der Waals surface area contributed by atoms with Gasteiger partial charge in [-0.15, -0.1) is 0 Å². The van der Waals surface area contributed by atoms with Gasteiger partial charge in [0.25, 0.3) is 0 Å². The summed E-state index contributed by atoms with van der Waals surface area (Å²) < 4.78 is 9.58. The lowest BCUT2D eigenvalue weighted by Gasteiger charge is -2.05. The molecule has 0 spiro atoms. The maximum atomic E-state index is 11.4. The number of nitrogen functional groups attached to an aromatic ring is 1. The van der Waals surface area contributed by atoms with E-state index in [1.807, 2.05) is 12.1 Å². The van der Waals surface area contributed by atoms with E-state index in [2.05, 4.69) is 20.0 Å². The molecule has 0 radical (unpaired) electrons. The van der Waals surface area contributed by atoms with Gasteiger partial charge in [-0.2, -0.15) is 0 Å². The van der Waals surface area contributed by atoms with Gasteiger partial charge >= 0.3 is 11.5 Å². The summed E-state index contributed by atoms with van der Waals surface area (Å²) >= 11 is 4.95. The molecule has 0 bridgehead atoms. The predicted octanol–water partition coefficient (Wildman–Crippen LogP) is 5.78. The molecular weight excluding hydrogens is 444 g/mol. The molecule has 0 unspecified atom stereocenters. The van der Waals surface area contributed by atoms with Crippen LogP contribution in [0.4, 0.5) is 21.0 Å². The first kappa shape index (κ1) is 24.8. The molecule has 0 saturated carbocycles. The van der Waals surface area contributed by atoms with Crippen molar-refractivity contribution in [2.45, 2.75) is 0 Å². The SMILES string of the molecule is Nc1cccnc1.O=C(Cl)Oc1ccccc1.O=C(Nc1cccnc1)Oc1ccccc1. The molecule has 0 aliphatic rings. The van der Waals surface area contributed by atoms with E-state index in [-0.39, 0.29) is 0 Å². The fourth-order valence-electron chi connectivity index (χ4n) is 2.13. The zero-order valence-corrected chi connectivity index (χ0v) is 18.1. The molecular formula is C24H21ClN4O4. The Labute approximate surface area is 196 Å². The van der Waals surface area contributed by atoms with E-state index in [1.54, 1.807) is 97.6 Å². The number of nitrogens with one attached hydrogen (secondary N) is 1. The Bertz CT molecular complexity index is 1040. The Balaban J connectivity index is 0.000000193. The summed E-state index contributed by atoms with van der Waals surface area (Å²) in [7, 11) is 0. The second kappa shape index (κ2) is 14.6. The number of anilines is 2. The van der Waals surface area contributed by atoms with E-state index in [9.17, 15) is 9.59 Å². The van der Waals surface area contributed by atoms with Crippen molar-refractivity contribution in [3.05, 3.63) is 110 Å². The summed E-state index contributed by atoms with van der Waals surface area (Å²) in [4.78, 5) is 29.2.